The fourth-order valence-electron chi connectivity index (χ4n) is 2.87. The second kappa shape index (κ2) is 4.43. The second-order valence-electron chi connectivity index (χ2n) is 5.62. The molecule has 2 N–H and O–H groups in total. The third kappa shape index (κ3) is 2.38. The van der Waals surface area contributed by atoms with Crippen molar-refractivity contribution in [1.29, 1.82) is 0 Å². The summed E-state index contributed by atoms with van der Waals surface area (Å²) in [6.07, 6.45) is 5.15. The Morgan fingerprint density at radius 1 is 1.12 bits per heavy atom. The van der Waals surface area contributed by atoms with Gasteiger partial charge >= 0.3 is 0 Å². The summed E-state index contributed by atoms with van der Waals surface area (Å²) in [5.41, 5.74) is 3.16. The Balaban J connectivity index is 1.70. The van der Waals surface area contributed by atoms with Gasteiger partial charge in [-0.3, -0.25) is 0 Å². The van der Waals surface area contributed by atoms with Gasteiger partial charge in [0.15, 0.2) is 0 Å². The lowest BCUT2D eigenvalue weighted by atomic mass is 9.99. The first-order chi connectivity index (χ1) is 8.28. The van der Waals surface area contributed by atoms with E-state index in [4.69, 9.17) is 0 Å². The fraction of sp³-hybridized carbons (Fsp3) is 0.600. The topological polar surface area (TPSA) is 24.1 Å². The van der Waals surface area contributed by atoms with Crippen molar-refractivity contribution < 1.29 is 0 Å². The first-order valence-electron chi connectivity index (χ1n) is 6.84. The Morgan fingerprint density at radius 2 is 1.76 bits per heavy atom. The molecule has 0 unspecified atom stereocenters. The highest BCUT2D eigenvalue weighted by molar-refractivity contribution is 5.32. The van der Waals surface area contributed by atoms with Gasteiger partial charge in [0.1, 0.15) is 0 Å². The summed E-state index contributed by atoms with van der Waals surface area (Å²) in [4.78, 5) is 0. The molecule has 0 bridgehead atoms. The van der Waals surface area contributed by atoms with Crippen molar-refractivity contribution >= 4 is 0 Å². The third-order valence-corrected chi connectivity index (χ3v) is 4.17. The van der Waals surface area contributed by atoms with Gasteiger partial charge in [0.2, 0.25) is 0 Å². The van der Waals surface area contributed by atoms with Gasteiger partial charge in [0, 0.05) is 11.6 Å². The van der Waals surface area contributed by atoms with E-state index >= 15 is 0 Å². The number of benzene rings is 1. The van der Waals surface area contributed by atoms with Crippen LogP contribution in [0.1, 0.15) is 36.8 Å². The van der Waals surface area contributed by atoms with Crippen LogP contribution in [0.5, 0.6) is 0 Å². The summed E-state index contributed by atoms with van der Waals surface area (Å²) in [6, 6.07) is 9.78. The van der Waals surface area contributed by atoms with Crippen LogP contribution in [0.4, 0.5) is 0 Å². The highest BCUT2D eigenvalue weighted by Crippen LogP contribution is 2.46. The molecule has 0 spiro atoms. The minimum atomic E-state index is 0.315. The van der Waals surface area contributed by atoms with E-state index in [0.29, 0.717) is 11.6 Å². The van der Waals surface area contributed by atoms with Crippen LogP contribution in [0.15, 0.2) is 24.3 Å². The largest absolute Gasteiger partial charge is 0.317 e. The summed E-state index contributed by atoms with van der Waals surface area (Å²) < 4.78 is 0. The number of nitrogens with one attached hydrogen (secondary N) is 2. The molecule has 17 heavy (non-hydrogen) atoms. The van der Waals surface area contributed by atoms with Crippen LogP contribution >= 0.6 is 0 Å². The smallest absolute Gasteiger partial charge is 0.0438 e. The molecule has 1 aromatic carbocycles. The standard InChI is InChI=1S/C15H22N2/c1-12-2-4-13(5-3-12)15(8-9-15)17-14-6-10-16-11-7-14/h2-5,14,16-17H,6-11H2,1H3. The van der Waals surface area contributed by atoms with Gasteiger partial charge in [-0.05, 0) is 51.3 Å². The normalized spacial score (nSPS) is 23.6. The number of hydrogen-bond acceptors (Lipinski definition) is 2. The quantitative estimate of drug-likeness (QED) is 0.833. The van der Waals surface area contributed by atoms with E-state index in [2.05, 4.69) is 41.8 Å². The predicted molar refractivity (Wildman–Crippen MR) is 71.1 cm³/mol. The monoisotopic (exact) mass is 230 g/mol. The predicted octanol–water partition coefficient (Wildman–Crippen LogP) is 2.33. The Kier molecular flexibility index (Phi) is 2.93. The number of piperidine rings is 1. The molecular weight excluding hydrogens is 208 g/mol. The molecule has 2 aliphatic rings. The summed E-state index contributed by atoms with van der Waals surface area (Å²) >= 11 is 0. The van der Waals surface area contributed by atoms with Gasteiger partial charge in [0.05, 0.1) is 0 Å². The van der Waals surface area contributed by atoms with Crippen LogP contribution in [0.2, 0.25) is 0 Å². The van der Waals surface area contributed by atoms with E-state index < -0.39 is 0 Å². The lowest BCUT2D eigenvalue weighted by Gasteiger charge is -2.29. The summed E-state index contributed by atoms with van der Waals surface area (Å²) in [5.74, 6) is 0. The molecule has 1 aliphatic carbocycles. The minimum absolute atomic E-state index is 0.315. The number of hydrogen-bond donors (Lipinski definition) is 2. The number of rotatable bonds is 3. The molecule has 0 atom stereocenters. The molecule has 2 heteroatoms. The van der Waals surface area contributed by atoms with Gasteiger partial charge in [-0.2, -0.15) is 0 Å². The van der Waals surface area contributed by atoms with E-state index in [9.17, 15) is 0 Å². The molecule has 1 aliphatic heterocycles. The molecule has 0 radical (unpaired) electrons. The third-order valence-electron chi connectivity index (χ3n) is 4.17. The van der Waals surface area contributed by atoms with Crippen LogP contribution in [-0.4, -0.2) is 19.1 Å². The Hall–Kier alpha value is -0.860. The average Bonchev–Trinajstić information content (AvgIpc) is 3.12. The molecule has 1 heterocycles. The second-order valence-corrected chi connectivity index (χ2v) is 5.62. The summed E-state index contributed by atoms with van der Waals surface area (Å²) in [5, 5.41) is 7.33. The zero-order valence-electron chi connectivity index (χ0n) is 10.6. The molecule has 0 aromatic heterocycles. The lowest BCUT2D eigenvalue weighted by Crippen LogP contribution is -2.44. The molecule has 3 rings (SSSR count). The van der Waals surface area contributed by atoms with Gasteiger partial charge < -0.3 is 10.6 Å². The van der Waals surface area contributed by atoms with E-state index in [1.54, 1.807) is 0 Å². The van der Waals surface area contributed by atoms with Crippen molar-refractivity contribution in [1.82, 2.24) is 10.6 Å². The van der Waals surface area contributed by atoms with Crippen molar-refractivity contribution in [3.63, 3.8) is 0 Å². The van der Waals surface area contributed by atoms with Crippen LogP contribution in [0.3, 0.4) is 0 Å². The van der Waals surface area contributed by atoms with Crippen molar-refractivity contribution in [2.75, 3.05) is 13.1 Å². The lowest BCUT2D eigenvalue weighted by molar-refractivity contribution is 0.339. The minimum Gasteiger partial charge on any atom is -0.317 e. The molecule has 1 saturated heterocycles. The SMILES string of the molecule is Cc1ccc(C2(NC3CCNCC3)CC2)cc1. The highest BCUT2D eigenvalue weighted by atomic mass is 15.1. The maximum atomic E-state index is 3.90. The molecule has 1 aromatic rings. The van der Waals surface area contributed by atoms with E-state index in [1.807, 2.05) is 0 Å². The highest BCUT2D eigenvalue weighted by Gasteiger charge is 2.45. The molecule has 0 amide bonds. The zero-order valence-corrected chi connectivity index (χ0v) is 10.6. The zero-order chi connectivity index (χ0) is 11.7. The van der Waals surface area contributed by atoms with Gasteiger partial charge in [0.25, 0.3) is 0 Å². The molecule has 92 valence electrons. The maximum Gasteiger partial charge on any atom is 0.0438 e. The Bertz CT molecular complexity index is 372. The van der Waals surface area contributed by atoms with Crippen molar-refractivity contribution in [2.45, 2.75) is 44.2 Å². The molecule has 2 nitrogen and oxygen atoms in total. The maximum absolute atomic E-state index is 3.90. The van der Waals surface area contributed by atoms with E-state index in [-0.39, 0.29) is 0 Å². The first kappa shape index (κ1) is 11.2. The van der Waals surface area contributed by atoms with Crippen LogP contribution in [-0.2, 0) is 5.54 Å². The van der Waals surface area contributed by atoms with Crippen LogP contribution < -0.4 is 10.6 Å². The van der Waals surface area contributed by atoms with Gasteiger partial charge in [-0.1, -0.05) is 29.8 Å². The Labute approximate surface area is 104 Å². The van der Waals surface area contributed by atoms with Gasteiger partial charge in [-0.15, -0.1) is 0 Å². The van der Waals surface area contributed by atoms with Crippen LogP contribution in [0, 0.1) is 6.92 Å². The number of aryl methyl sites for hydroxylation is 1. The average molecular weight is 230 g/mol. The van der Waals surface area contributed by atoms with Crippen LogP contribution in [0.25, 0.3) is 0 Å². The van der Waals surface area contributed by atoms with E-state index in [0.717, 1.165) is 0 Å². The van der Waals surface area contributed by atoms with Gasteiger partial charge in [-0.25, -0.2) is 0 Å². The fourth-order valence-corrected chi connectivity index (χ4v) is 2.87. The van der Waals surface area contributed by atoms with E-state index in [1.165, 1.54) is 49.9 Å². The molecular formula is C15H22N2. The molecule has 1 saturated carbocycles. The van der Waals surface area contributed by atoms with Crippen molar-refractivity contribution in [3.8, 4) is 0 Å². The Morgan fingerprint density at radius 3 is 2.35 bits per heavy atom. The summed E-state index contributed by atoms with van der Waals surface area (Å²) in [6.45, 7) is 4.49. The summed E-state index contributed by atoms with van der Waals surface area (Å²) in [7, 11) is 0. The van der Waals surface area contributed by atoms with Crippen molar-refractivity contribution in [2.24, 2.45) is 0 Å². The van der Waals surface area contributed by atoms with Crippen molar-refractivity contribution in [3.05, 3.63) is 35.4 Å². The first-order valence-corrected chi connectivity index (χ1v) is 6.84. The molecule has 2 fully saturated rings.